The first-order valence-corrected chi connectivity index (χ1v) is 4.22. The average Bonchev–Trinajstić information content (AvgIpc) is 2.01. The van der Waals surface area contributed by atoms with Crippen LogP contribution in [0.2, 0.25) is 0 Å². The van der Waals surface area contributed by atoms with Crippen molar-refractivity contribution in [2.24, 2.45) is 11.3 Å². The fourth-order valence-electron chi connectivity index (χ4n) is 0.873. The van der Waals surface area contributed by atoms with E-state index in [9.17, 15) is 13.6 Å². The third-order valence-electron chi connectivity index (χ3n) is 1.90. The van der Waals surface area contributed by atoms with Gasteiger partial charge in [0.1, 0.15) is 5.41 Å². The molecule has 0 amide bonds. The van der Waals surface area contributed by atoms with Gasteiger partial charge in [-0.05, 0) is 6.92 Å². The molecule has 1 fully saturated rings. The topological polar surface area (TPSA) is 40.9 Å². The highest BCUT2D eigenvalue weighted by atomic mass is 32.2. The highest BCUT2D eigenvalue weighted by molar-refractivity contribution is 8.15. The normalized spacial score (nSPS) is 27.6. The third-order valence-corrected chi connectivity index (χ3v) is 2.97. The number of nitriles is 1. The molecule has 2 nitrogen and oxygen atoms in total. The molecule has 1 saturated heterocycles. The van der Waals surface area contributed by atoms with Gasteiger partial charge in [0, 0.05) is 5.75 Å². The zero-order valence-electron chi connectivity index (χ0n) is 6.09. The fraction of sp³-hybridized carbons (Fsp3) is 0.571. The van der Waals surface area contributed by atoms with Gasteiger partial charge in [-0.15, -0.1) is 0 Å². The van der Waals surface area contributed by atoms with Crippen LogP contribution in [0.15, 0.2) is 0 Å². The second-order valence-electron chi connectivity index (χ2n) is 2.64. The molecule has 65 valence electrons. The van der Waals surface area contributed by atoms with Crippen LogP contribution in [0, 0.1) is 29.6 Å². The summed E-state index contributed by atoms with van der Waals surface area (Å²) < 4.78 is 24.6. The van der Waals surface area contributed by atoms with E-state index in [-0.39, 0.29) is 10.9 Å². The average molecular weight is 190 g/mol. The summed E-state index contributed by atoms with van der Waals surface area (Å²) >= 11 is 0.965. The summed E-state index contributed by atoms with van der Waals surface area (Å²) in [6.45, 7) is 3.11. The minimum atomic E-state index is -2.86. The van der Waals surface area contributed by atoms with E-state index >= 15 is 0 Å². The monoisotopic (exact) mass is 190 g/mol. The third kappa shape index (κ3) is 1.20. The van der Waals surface area contributed by atoms with Gasteiger partial charge in [0.15, 0.2) is 5.12 Å². The van der Waals surface area contributed by atoms with Gasteiger partial charge in [-0.25, -0.2) is 8.78 Å². The lowest BCUT2D eigenvalue weighted by atomic mass is 9.80. The van der Waals surface area contributed by atoms with Gasteiger partial charge in [-0.2, -0.15) is 5.26 Å². The lowest BCUT2D eigenvalue weighted by Crippen LogP contribution is -2.44. The molecule has 2 atom stereocenters. The van der Waals surface area contributed by atoms with E-state index in [1.165, 1.54) is 6.07 Å². The Labute approximate surface area is 72.9 Å². The van der Waals surface area contributed by atoms with E-state index in [0.717, 1.165) is 11.8 Å². The number of hydrogen-bond donors (Lipinski definition) is 0. The first kappa shape index (κ1) is 9.46. The molecule has 1 heterocycles. The Hall–Kier alpha value is -0.630. The van der Waals surface area contributed by atoms with Crippen molar-refractivity contribution in [3.05, 3.63) is 6.92 Å². The Morgan fingerprint density at radius 1 is 1.83 bits per heavy atom. The van der Waals surface area contributed by atoms with Crippen LogP contribution in [0.25, 0.3) is 0 Å². The Morgan fingerprint density at radius 2 is 2.42 bits per heavy atom. The fourth-order valence-corrected chi connectivity index (χ4v) is 1.85. The van der Waals surface area contributed by atoms with E-state index in [1.54, 1.807) is 0 Å². The van der Waals surface area contributed by atoms with Crippen molar-refractivity contribution in [3.8, 4) is 6.07 Å². The van der Waals surface area contributed by atoms with Crippen LogP contribution in [0.3, 0.4) is 0 Å². The number of hydrogen-bond acceptors (Lipinski definition) is 3. The van der Waals surface area contributed by atoms with E-state index in [1.807, 2.05) is 0 Å². The van der Waals surface area contributed by atoms with E-state index in [0.29, 0.717) is 0 Å². The lowest BCUT2D eigenvalue weighted by Gasteiger charge is -2.34. The first-order valence-electron chi connectivity index (χ1n) is 3.23. The molecule has 0 spiro atoms. The summed E-state index contributed by atoms with van der Waals surface area (Å²) in [5, 5.41) is 8.10. The molecule has 1 aliphatic heterocycles. The van der Waals surface area contributed by atoms with Crippen molar-refractivity contribution < 1.29 is 13.6 Å². The molecule has 5 heteroatoms. The molecular weight excluding hydrogens is 184 g/mol. The van der Waals surface area contributed by atoms with E-state index < -0.39 is 17.8 Å². The molecule has 0 aromatic heterocycles. The van der Waals surface area contributed by atoms with Gasteiger partial charge in [0.25, 0.3) is 6.43 Å². The van der Waals surface area contributed by atoms with Gasteiger partial charge in [-0.3, -0.25) is 4.79 Å². The number of thioether (sulfide) groups is 1. The van der Waals surface area contributed by atoms with Crippen LogP contribution in [0.5, 0.6) is 0 Å². The van der Waals surface area contributed by atoms with Crippen LogP contribution < -0.4 is 0 Å². The number of carbonyl (C=O) groups is 1. The maximum absolute atomic E-state index is 12.3. The van der Waals surface area contributed by atoms with Gasteiger partial charge in [-0.1, -0.05) is 11.8 Å². The van der Waals surface area contributed by atoms with Crippen LogP contribution >= 0.6 is 11.8 Å². The summed E-state index contributed by atoms with van der Waals surface area (Å²) in [5.41, 5.74) is -2.04. The number of rotatable bonds is 2. The molecule has 1 radical (unpaired) electrons. The van der Waals surface area contributed by atoms with Crippen molar-refractivity contribution in [1.29, 1.82) is 5.26 Å². The van der Waals surface area contributed by atoms with Crippen molar-refractivity contribution in [1.82, 2.24) is 0 Å². The van der Waals surface area contributed by atoms with Gasteiger partial charge < -0.3 is 0 Å². The maximum Gasteiger partial charge on any atom is 0.257 e. The molecule has 0 N–H and O–H groups in total. The molecular formula is C7H6F2NOS. The van der Waals surface area contributed by atoms with Crippen LogP contribution in [0.4, 0.5) is 8.78 Å². The summed E-state index contributed by atoms with van der Waals surface area (Å²) in [6, 6.07) is 1.41. The number of alkyl halides is 2. The van der Waals surface area contributed by atoms with Crippen molar-refractivity contribution in [2.45, 2.75) is 6.43 Å². The maximum atomic E-state index is 12.3. The molecule has 1 rings (SSSR count). The molecule has 0 aromatic carbocycles. The summed E-state index contributed by atoms with van der Waals surface area (Å²) in [6.07, 6.45) is -2.86. The van der Waals surface area contributed by atoms with Crippen LogP contribution in [-0.2, 0) is 4.79 Å². The second kappa shape index (κ2) is 3.02. The summed E-state index contributed by atoms with van der Waals surface area (Å²) in [7, 11) is 0. The van der Waals surface area contributed by atoms with Crippen molar-refractivity contribution in [2.75, 3.05) is 5.75 Å². The quantitative estimate of drug-likeness (QED) is 0.662. The van der Waals surface area contributed by atoms with E-state index in [4.69, 9.17) is 5.26 Å². The smallest absolute Gasteiger partial charge is 0.257 e. The molecule has 1 aliphatic rings. The van der Waals surface area contributed by atoms with Crippen molar-refractivity contribution in [3.63, 3.8) is 0 Å². The summed E-state index contributed by atoms with van der Waals surface area (Å²) in [5.74, 6) is -0.618. The Kier molecular flexibility index (Phi) is 2.38. The number of halogens is 2. The SMILES string of the molecule is [CH2]C(C#N)(C(F)F)C1CSC1=O. The van der Waals surface area contributed by atoms with Gasteiger partial charge in [0.05, 0.1) is 12.0 Å². The van der Waals surface area contributed by atoms with E-state index in [2.05, 4.69) is 6.92 Å². The predicted octanol–water partition coefficient (Wildman–Crippen LogP) is 1.49. The Morgan fingerprint density at radius 3 is 2.50 bits per heavy atom. The second-order valence-corrected chi connectivity index (χ2v) is 3.66. The molecule has 0 aromatic rings. The zero-order valence-corrected chi connectivity index (χ0v) is 6.91. The predicted molar refractivity (Wildman–Crippen MR) is 40.4 cm³/mol. The standard InChI is InChI=1S/C7H6F2NOS/c1-7(3-10,6(8)9)4-2-12-5(4)11/h4,6H,1-2H2. The number of nitrogens with zero attached hydrogens (tertiary/aromatic N) is 1. The molecule has 2 unspecified atom stereocenters. The summed E-state index contributed by atoms with van der Waals surface area (Å²) in [4.78, 5) is 10.8. The first-order chi connectivity index (χ1) is 5.52. The van der Waals surface area contributed by atoms with Crippen LogP contribution in [0.1, 0.15) is 0 Å². The highest BCUT2D eigenvalue weighted by Gasteiger charge is 2.51. The molecule has 0 bridgehead atoms. The minimum absolute atomic E-state index is 0.278. The zero-order chi connectivity index (χ0) is 9.35. The minimum Gasteiger partial charge on any atom is -0.287 e. The Bertz CT molecular complexity index is 250. The number of carbonyl (C=O) groups excluding carboxylic acids is 1. The van der Waals surface area contributed by atoms with Crippen LogP contribution in [-0.4, -0.2) is 17.3 Å². The molecule has 12 heavy (non-hydrogen) atoms. The van der Waals surface area contributed by atoms with Gasteiger partial charge >= 0.3 is 0 Å². The lowest BCUT2D eigenvalue weighted by molar-refractivity contribution is -0.120. The van der Waals surface area contributed by atoms with Gasteiger partial charge in [0.2, 0.25) is 0 Å². The largest absolute Gasteiger partial charge is 0.287 e. The Balaban J connectivity index is 2.81. The molecule has 0 saturated carbocycles. The molecule has 0 aliphatic carbocycles. The highest BCUT2D eigenvalue weighted by Crippen LogP contribution is 2.43. The van der Waals surface area contributed by atoms with Crippen molar-refractivity contribution >= 4 is 16.9 Å².